The van der Waals surface area contributed by atoms with E-state index in [1.165, 1.54) is 6.07 Å². The van der Waals surface area contributed by atoms with E-state index in [-0.39, 0.29) is 24.8 Å². The SMILES string of the molecule is CCNC(=O)CN(C)c1ccc(CN)c(F)c1. The van der Waals surface area contributed by atoms with Crippen molar-refractivity contribution >= 4 is 11.6 Å². The summed E-state index contributed by atoms with van der Waals surface area (Å²) >= 11 is 0. The maximum absolute atomic E-state index is 13.5. The van der Waals surface area contributed by atoms with Crippen LogP contribution >= 0.6 is 0 Å². The molecule has 3 N–H and O–H groups in total. The van der Waals surface area contributed by atoms with Crippen LogP contribution in [0.3, 0.4) is 0 Å². The molecule has 0 aliphatic carbocycles. The highest BCUT2D eigenvalue weighted by molar-refractivity contribution is 5.81. The first-order valence-corrected chi connectivity index (χ1v) is 5.54. The molecule has 0 unspecified atom stereocenters. The Labute approximate surface area is 101 Å². The van der Waals surface area contributed by atoms with E-state index in [2.05, 4.69) is 5.32 Å². The van der Waals surface area contributed by atoms with Gasteiger partial charge in [0.2, 0.25) is 5.91 Å². The van der Waals surface area contributed by atoms with Crippen molar-refractivity contribution in [3.05, 3.63) is 29.6 Å². The molecule has 0 heterocycles. The van der Waals surface area contributed by atoms with Crippen molar-refractivity contribution in [1.82, 2.24) is 5.32 Å². The fourth-order valence-corrected chi connectivity index (χ4v) is 1.50. The van der Waals surface area contributed by atoms with Crippen LogP contribution in [-0.4, -0.2) is 26.0 Å². The first-order chi connectivity index (χ1) is 8.08. The largest absolute Gasteiger partial charge is 0.365 e. The summed E-state index contributed by atoms with van der Waals surface area (Å²) in [5, 5.41) is 2.69. The maximum atomic E-state index is 13.5. The summed E-state index contributed by atoms with van der Waals surface area (Å²) in [7, 11) is 1.74. The minimum Gasteiger partial charge on any atom is -0.365 e. The average molecular weight is 239 g/mol. The summed E-state index contributed by atoms with van der Waals surface area (Å²) in [4.78, 5) is 13.1. The van der Waals surface area contributed by atoms with E-state index in [4.69, 9.17) is 5.73 Å². The lowest BCUT2D eigenvalue weighted by atomic mass is 10.2. The molecule has 0 aliphatic rings. The molecule has 0 radical (unpaired) electrons. The van der Waals surface area contributed by atoms with E-state index in [0.717, 1.165) is 0 Å². The number of amides is 1. The minimum atomic E-state index is -0.340. The summed E-state index contributed by atoms with van der Waals surface area (Å²) in [5.74, 6) is -0.425. The molecule has 0 atom stereocenters. The number of carbonyl (C=O) groups is 1. The van der Waals surface area contributed by atoms with Gasteiger partial charge in [-0.1, -0.05) is 6.07 Å². The summed E-state index contributed by atoms with van der Waals surface area (Å²) in [6, 6.07) is 4.78. The number of benzene rings is 1. The molecule has 4 nitrogen and oxygen atoms in total. The molecule has 1 aromatic carbocycles. The van der Waals surface area contributed by atoms with Crippen LogP contribution in [0.2, 0.25) is 0 Å². The van der Waals surface area contributed by atoms with Gasteiger partial charge < -0.3 is 16.0 Å². The van der Waals surface area contributed by atoms with Gasteiger partial charge in [-0.3, -0.25) is 4.79 Å². The zero-order valence-electron chi connectivity index (χ0n) is 10.2. The predicted octanol–water partition coefficient (Wildman–Crippen LogP) is 0.857. The number of nitrogens with two attached hydrogens (primary N) is 1. The summed E-state index contributed by atoms with van der Waals surface area (Å²) in [6.45, 7) is 2.82. The number of hydrogen-bond acceptors (Lipinski definition) is 3. The zero-order chi connectivity index (χ0) is 12.8. The van der Waals surface area contributed by atoms with Gasteiger partial charge in [0.05, 0.1) is 6.54 Å². The zero-order valence-corrected chi connectivity index (χ0v) is 10.2. The summed E-state index contributed by atoms with van der Waals surface area (Å²) < 4.78 is 13.5. The highest BCUT2D eigenvalue weighted by atomic mass is 19.1. The van der Waals surface area contributed by atoms with Gasteiger partial charge in [0.25, 0.3) is 0 Å². The number of anilines is 1. The van der Waals surface area contributed by atoms with Gasteiger partial charge in [0, 0.05) is 31.4 Å². The van der Waals surface area contributed by atoms with Crippen molar-refractivity contribution in [3.63, 3.8) is 0 Å². The number of hydrogen-bond donors (Lipinski definition) is 2. The van der Waals surface area contributed by atoms with Crippen LogP contribution in [0, 0.1) is 5.82 Å². The number of rotatable bonds is 5. The van der Waals surface area contributed by atoms with Gasteiger partial charge in [0.1, 0.15) is 5.82 Å². The summed E-state index contributed by atoms with van der Waals surface area (Å²) in [5.41, 5.74) is 6.51. The monoisotopic (exact) mass is 239 g/mol. The Morgan fingerprint density at radius 3 is 2.76 bits per heavy atom. The second kappa shape index (κ2) is 6.20. The van der Waals surface area contributed by atoms with Gasteiger partial charge in [-0.25, -0.2) is 4.39 Å². The number of nitrogens with one attached hydrogen (secondary N) is 1. The fourth-order valence-electron chi connectivity index (χ4n) is 1.50. The van der Waals surface area contributed by atoms with Crippen molar-refractivity contribution < 1.29 is 9.18 Å². The van der Waals surface area contributed by atoms with Crippen LogP contribution in [0.25, 0.3) is 0 Å². The van der Waals surface area contributed by atoms with Crippen molar-refractivity contribution in [2.24, 2.45) is 5.73 Å². The topological polar surface area (TPSA) is 58.4 Å². The Bertz CT molecular complexity index is 395. The van der Waals surface area contributed by atoms with Crippen molar-refractivity contribution in [2.45, 2.75) is 13.5 Å². The van der Waals surface area contributed by atoms with E-state index < -0.39 is 0 Å². The third kappa shape index (κ3) is 3.71. The average Bonchev–Trinajstić information content (AvgIpc) is 2.29. The molecule has 0 saturated carbocycles. The number of carbonyl (C=O) groups excluding carboxylic acids is 1. The first-order valence-electron chi connectivity index (χ1n) is 5.54. The van der Waals surface area contributed by atoms with E-state index in [1.54, 1.807) is 24.1 Å². The first kappa shape index (κ1) is 13.4. The minimum absolute atomic E-state index is 0.0849. The molecular formula is C12H18FN3O. The van der Waals surface area contributed by atoms with Gasteiger partial charge in [-0.2, -0.15) is 0 Å². The van der Waals surface area contributed by atoms with Crippen LogP contribution in [0.5, 0.6) is 0 Å². The quantitative estimate of drug-likeness (QED) is 0.801. The molecular weight excluding hydrogens is 221 g/mol. The Morgan fingerprint density at radius 2 is 2.24 bits per heavy atom. The third-order valence-corrected chi connectivity index (χ3v) is 2.45. The molecule has 1 aromatic rings. The lowest BCUT2D eigenvalue weighted by Gasteiger charge is -2.19. The molecule has 0 spiro atoms. The molecule has 0 fully saturated rings. The third-order valence-electron chi connectivity index (χ3n) is 2.45. The van der Waals surface area contributed by atoms with Crippen molar-refractivity contribution in [1.29, 1.82) is 0 Å². The van der Waals surface area contributed by atoms with Crippen molar-refractivity contribution in [3.8, 4) is 0 Å². The normalized spacial score (nSPS) is 10.1. The highest BCUT2D eigenvalue weighted by Gasteiger charge is 2.08. The van der Waals surface area contributed by atoms with Gasteiger partial charge in [0.15, 0.2) is 0 Å². The molecule has 17 heavy (non-hydrogen) atoms. The van der Waals surface area contributed by atoms with Gasteiger partial charge >= 0.3 is 0 Å². The standard InChI is InChI=1S/C12H18FN3O/c1-3-15-12(17)8-16(2)10-5-4-9(7-14)11(13)6-10/h4-6H,3,7-8,14H2,1-2H3,(H,15,17). The molecule has 1 amide bonds. The van der Waals surface area contributed by atoms with Crippen LogP contribution in [0.4, 0.5) is 10.1 Å². The Morgan fingerprint density at radius 1 is 1.53 bits per heavy atom. The number of halogens is 1. The number of nitrogens with zero attached hydrogens (tertiary/aromatic N) is 1. The Kier molecular flexibility index (Phi) is 4.90. The maximum Gasteiger partial charge on any atom is 0.239 e. The lowest BCUT2D eigenvalue weighted by molar-refractivity contribution is -0.119. The predicted molar refractivity (Wildman–Crippen MR) is 66.2 cm³/mol. The highest BCUT2D eigenvalue weighted by Crippen LogP contribution is 2.17. The van der Waals surface area contributed by atoms with Crippen LogP contribution in [0.1, 0.15) is 12.5 Å². The van der Waals surface area contributed by atoms with E-state index in [1.807, 2.05) is 6.92 Å². The smallest absolute Gasteiger partial charge is 0.239 e. The second-order valence-corrected chi connectivity index (χ2v) is 3.79. The van der Waals surface area contributed by atoms with Gasteiger partial charge in [-0.05, 0) is 19.1 Å². The molecule has 0 aliphatic heterocycles. The fraction of sp³-hybridized carbons (Fsp3) is 0.417. The Balaban J connectivity index is 2.72. The Hall–Kier alpha value is -1.62. The van der Waals surface area contributed by atoms with Crippen LogP contribution in [-0.2, 0) is 11.3 Å². The van der Waals surface area contributed by atoms with E-state index in [9.17, 15) is 9.18 Å². The van der Waals surface area contributed by atoms with Gasteiger partial charge in [-0.15, -0.1) is 0 Å². The molecule has 0 aromatic heterocycles. The van der Waals surface area contributed by atoms with Crippen LogP contribution < -0.4 is 16.0 Å². The van der Waals surface area contributed by atoms with Crippen molar-refractivity contribution in [2.75, 3.05) is 25.0 Å². The number of likely N-dealkylation sites (N-methyl/N-ethyl adjacent to an activating group) is 2. The molecule has 1 rings (SSSR count). The molecule has 94 valence electrons. The molecule has 0 saturated heterocycles. The van der Waals surface area contributed by atoms with E-state index in [0.29, 0.717) is 17.8 Å². The summed E-state index contributed by atoms with van der Waals surface area (Å²) in [6.07, 6.45) is 0. The molecule has 0 bridgehead atoms. The lowest BCUT2D eigenvalue weighted by Crippen LogP contribution is -2.35. The van der Waals surface area contributed by atoms with Crippen LogP contribution in [0.15, 0.2) is 18.2 Å². The molecule has 5 heteroatoms. The van der Waals surface area contributed by atoms with E-state index >= 15 is 0 Å². The second-order valence-electron chi connectivity index (χ2n) is 3.79.